The van der Waals surface area contributed by atoms with Crippen LogP contribution in [0.3, 0.4) is 0 Å². The number of nitrogens with zero attached hydrogens (tertiary/aromatic N) is 1. The van der Waals surface area contributed by atoms with Crippen LogP contribution in [-0.4, -0.2) is 44.3 Å². The van der Waals surface area contributed by atoms with Crippen molar-refractivity contribution in [1.29, 1.82) is 0 Å². The number of fused-ring (bicyclic) bond motifs is 1. The molecule has 0 bridgehead atoms. The molecule has 3 atom stereocenters. The van der Waals surface area contributed by atoms with Crippen LogP contribution in [0.1, 0.15) is 31.2 Å². The lowest BCUT2D eigenvalue weighted by Crippen LogP contribution is -2.45. The highest BCUT2D eigenvalue weighted by Gasteiger charge is 2.29. The van der Waals surface area contributed by atoms with Crippen LogP contribution in [0.25, 0.3) is 0 Å². The van der Waals surface area contributed by atoms with Gasteiger partial charge in [-0.3, -0.25) is 0 Å². The average molecular weight is 274 g/mol. The number of hydrogen-bond donors (Lipinski definition) is 1. The third-order valence-corrected chi connectivity index (χ3v) is 4.96. The molecule has 0 radical (unpaired) electrons. The Morgan fingerprint density at radius 2 is 2.15 bits per heavy atom. The summed E-state index contributed by atoms with van der Waals surface area (Å²) in [4.78, 5) is 2.60. The lowest BCUT2D eigenvalue weighted by molar-refractivity contribution is -0.00677. The molecule has 20 heavy (non-hydrogen) atoms. The van der Waals surface area contributed by atoms with Crippen molar-refractivity contribution in [2.75, 3.05) is 38.6 Å². The van der Waals surface area contributed by atoms with Crippen LogP contribution in [-0.2, 0) is 4.74 Å². The molecule has 0 amide bonds. The maximum Gasteiger partial charge on any atom is 0.0724 e. The summed E-state index contributed by atoms with van der Waals surface area (Å²) in [5.74, 6) is 1.36. The van der Waals surface area contributed by atoms with Crippen molar-refractivity contribution in [2.24, 2.45) is 5.92 Å². The molecule has 3 rings (SSSR count). The SMILES string of the molecule is COC1CN(CC2CCNc3ccccc32)CCC1C. The Kier molecular flexibility index (Phi) is 4.27. The number of benzene rings is 1. The Labute approximate surface area is 122 Å². The summed E-state index contributed by atoms with van der Waals surface area (Å²) in [6, 6.07) is 8.77. The summed E-state index contributed by atoms with van der Waals surface area (Å²) in [7, 11) is 1.85. The second kappa shape index (κ2) is 6.15. The molecule has 0 aromatic heterocycles. The monoisotopic (exact) mass is 274 g/mol. The number of methoxy groups -OCH3 is 1. The minimum Gasteiger partial charge on any atom is -0.385 e. The Hall–Kier alpha value is -1.06. The Balaban J connectivity index is 1.67. The molecule has 0 saturated carbocycles. The van der Waals surface area contributed by atoms with Crippen LogP contribution in [0.2, 0.25) is 0 Å². The Bertz CT molecular complexity index is 448. The van der Waals surface area contributed by atoms with Crippen molar-refractivity contribution < 1.29 is 4.74 Å². The molecule has 2 heterocycles. The zero-order valence-corrected chi connectivity index (χ0v) is 12.6. The van der Waals surface area contributed by atoms with Crippen molar-refractivity contribution in [3.05, 3.63) is 29.8 Å². The Morgan fingerprint density at radius 1 is 1.30 bits per heavy atom. The standard InChI is InChI=1S/C17H26N2O/c1-13-8-10-19(12-17(13)20-2)11-14-7-9-18-16-6-4-3-5-15(14)16/h3-6,13-14,17-18H,7-12H2,1-2H3. The van der Waals surface area contributed by atoms with E-state index in [0.29, 0.717) is 17.9 Å². The topological polar surface area (TPSA) is 24.5 Å². The van der Waals surface area contributed by atoms with E-state index in [9.17, 15) is 0 Å². The van der Waals surface area contributed by atoms with Gasteiger partial charge in [-0.1, -0.05) is 25.1 Å². The molecule has 2 aliphatic heterocycles. The lowest BCUT2D eigenvalue weighted by Gasteiger charge is -2.39. The minimum atomic E-state index is 0.403. The van der Waals surface area contributed by atoms with Gasteiger partial charge in [0.25, 0.3) is 0 Å². The zero-order valence-electron chi connectivity index (χ0n) is 12.6. The summed E-state index contributed by atoms with van der Waals surface area (Å²) in [6.07, 6.45) is 2.90. The van der Waals surface area contributed by atoms with E-state index in [2.05, 4.69) is 41.4 Å². The van der Waals surface area contributed by atoms with Gasteiger partial charge in [-0.25, -0.2) is 0 Å². The van der Waals surface area contributed by atoms with Gasteiger partial charge in [0.05, 0.1) is 6.10 Å². The number of rotatable bonds is 3. The van der Waals surface area contributed by atoms with E-state index in [1.807, 2.05) is 7.11 Å². The van der Waals surface area contributed by atoms with Gasteiger partial charge in [-0.15, -0.1) is 0 Å². The van der Waals surface area contributed by atoms with Crippen molar-refractivity contribution in [1.82, 2.24) is 4.90 Å². The average Bonchev–Trinajstić information content (AvgIpc) is 2.49. The van der Waals surface area contributed by atoms with E-state index in [4.69, 9.17) is 4.74 Å². The van der Waals surface area contributed by atoms with E-state index >= 15 is 0 Å². The van der Waals surface area contributed by atoms with E-state index in [1.54, 1.807) is 0 Å². The fourth-order valence-electron chi connectivity index (χ4n) is 3.62. The van der Waals surface area contributed by atoms with Crippen LogP contribution in [0, 0.1) is 5.92 Å². The molecule has 1 aromatic rings. The summed E-state index contributed by atoms with van der Waals surface area (Å²) in [5.41, 5.74) is 2.82. The number of para-hydroxylation sites is 1. The highest BCUT2D eigenvalue weighted by molar-refractivity contribution is 5.54. The molecule has 0 aliphatic carbocycles. The van der Waals surface area contributed by atoms with Crippen molar-refractivity contribution in [3.8, 4) is 0 Å². The highest BCUT2D eigenvalue weighted by Crippen LogP contribution is 2.32. The summed E-state index contributed by atoms with van der Waals surface area (Å²) < 4.78 is 5.64. The first-order valence-corrected chi connectivity index (χ1v) is 7.86. The first kappa shape index (κ1) is 13.9. The van der Waals surface area contributed by atoms with Crippen LogP contribution < -0.4 is 5.32 Å². The molecule has 1 aromatic carbocycles. The third-order valence-electron chi connectivity index (χ3n) is 4.96. The molecule has 3 heteroatoms. The summed E-state index contributed by atoms with van der Waals surface area (Å²) in [6.45, 7) is 6.88. The second-order valence-corrected chi connectivity index (χ2v) is 6.30. The van der Waals surface area contributed by atoms with Crippen LogP contribution in [0.15, 0.2) is 24.3 Å². The number of anilines is 1. The van der Waals surface area contributed by atoms with Crippen molar-refractivity contribution >= 4 is 5.69 Å². The maximum atomic E-state index is 5.64. The molecule has 3 unspecified atom stereocenters. The van der Waals surface area contributed by atoms with Gasteiger partial charge in [-0.05, 0) is 36.9 Å². The fraction of sp³-hybridized carbons (Fsp3) is 0.647. The number of hydrogen-bond acceptors (Lipinski definition) is 3. The van der Waals surface area contributed by atoms with Crippen LogP contribution in [0.4, 0.5) is 5.69 Å². The van der Waals surface area contributed by atoms with Gasteiger partial charge < -0.3 is 15.0 Å². The van der Waals surface area contributed by atoms with E-state index < -0.39 is 0 Å². The lowest BCUT2D eigenvalue weighted by atomic mass is 9.89. The fourth-order valence-corrected chi connectivity index (χ4v) is 3.62. The summed E-state index contributed by atoms with van der Waals surface area (Å²) in [5, 5.41) is 3.51. The van der Waals surface area contributed by atoms with E-state index in [1.165, 1.54) is 37.2 Å². The smallest absolute Gasteiger partial charge is 0.0724 e. The molecule has 1 fully saturated rings. The zero-order chi connectivity index (χ0) is 13.9. The number of nitrogens with one attached hydrogen (secondary N) is 1. The molecular weight excluding hydrogens is 248 g/mol. The van der Waals surface area contributed by atoms with Crippen molar-refractivity contribution in [2.45, 2.75) is 31.8 Å². The largest absolute Gasteiger partial charge is 0.385 e. The first-order chi connectivity index (χ1) is 9.78. The normalized spacial score (nSPS) is 30.6. The minimum absolute atomic E-state index is 0.403. The third kappa shape index (κ3) is 2.84. The molecule has 3 nitrogen and oxygen atoms in total. The van der Waals surface area contributed by atoms with Crippen LogP contribution in [0.5, 0.6) is 0 Å². The maximum absolute atomic E-state index is 5.64. The molecule has 2 aliphatic rings. The molecule has 1 N–H and O–H groups in total. The van der Waals surface area contributed by atoms with E-state index in [-0.39, 0.29) is 0 Å². The summed E-state index contributed by atoms with van der Waals surface area (Å²) >= 11 is 0. The molecule has 0 spiro atoms. The predicted molar refractivity (Wildman–Crippen MR) is 83.3 cm³/mol. The molecular formula is C17H26N2O. The molecule has 110 valence electrons. The number of ether oxygens (including phenoxy) is 1. The van der Waals surface area contributed by atoms with Gasteiger partial charge in [0, 0.05) is 38.3 Å². The van der Waals surface area contributed by atoms with Gasteiger partial charge in [0.2, 0.25) is 0 Å². The Morgan fingerprint density at radius 3 is 3.00 bits per heavy atom. The highest BCUT2D eigenvalue weighted by atomic mass is 16.5. The first-order valence-electron chi connectivity index (χ1n) is 7.86. The van der Waals surface area contributed by atoms with Gasteiger partial charge in [-0.2, -0.15) is 0 Å². The number of likely N-dealkylation sites (tertiary alicyclic amines) is 1. The predicted octanol–water partition coefficient (Wildman–Crippen LogP) is 2.94. The van der Waals surface area contributed by atoms with Crippen LogP contribution >= 0.6 is 0 Å². The van der Waals surface area contributed by atoms with Gasteiger partial charge >= 0.3 is 0 Å². The van der Waals surface area contributed by atoms with E-state index in [0.717, 1.165) is 13.1 Å². The quantitative estimate of drug-likeness (QED) is 0.917. The van der Waals surface area contributed by atoms with Crippen molar-refractivity contribution in [3.63, 3.8) is 0 Å². The van der Waals surface area contributed by atoms with Gasteiger partial charge in [0.1, 0.15) is 0 Å². The number of piperidine rings is 1. The molecule has 1 saturated heterocycles. The second-order valence-electron chi connectivity index (χ2n) is 6.30. The van der Waals surface area contributed by atoms with Gasteiger partial charge in [0.15, 0.2) is 0 Å².